The molecule has 0 atom stereocenters. The quantitative estimate of drug-likeness (QED) is 0.678. The summed E-state index contributed by atoms with van der Waals surface area (Å²) in [5.74, 6) is -0.231. The number of hydrogen-bond donors (Lipinski definition) is 0. The lowest BCUT2D eigenvalue weighted by Gasteiger charge is -2.19. The number of halogens is 1. The van der Waals surface area contributed by atoms with Crippen molar-refractivity contribution < 1.29 is 23.8 Å². The molecule has 7 nitrogen and oxygen atoms in total. The van der Waals surface area contributed by atoms with Gasteiger partial charge in [0.25, 0.3) is 0 Å². The number of nitrogens with zero attached hydrogens (tertiary/aromatic N) is 2. The third kappa shape index (κ3) is 6.11. The molecule has 1 heterocycles. The van der Waals surface area contributed by atoms with Crippen LogP contribution >= 0.6 is 15.9 Å². The molecule has 0 saturated heterocycles. The van der Waals surface area contributed by atoms with Gasteiger partial charge in [0, 0.05) is 4.47 Å². The van der Waals surface area contributed by atoms with Crippen LogP contribution in [0.3, 0.4) is 0 Å². The number of esters is 2. The largest absolute Gasteiger partial charge is 0.465 e. The Balaban J connectivity index is 2.06. The third-order valence-electron chi connectivity index (χ3n) is 2.94. The van der Waals surface area contributed by atoms with Crippen molar-refractivity contribution in [2.45, 2.75) is 32.8 Å². The van der Waals surface area contributed by atoms with Gasteiger partial charge in [0.05, 0.1) is 37.2 Å². The zero-order valence-electron chi connectivity index (χ0n) is 14.9. The summed E-state index contributed by atoms with van der Waals surface area (Å²) in [6.45, 7) is 5.40. The number of benzene rings is 1. The van der Waals surface area contributed by atoms with Crippen LogP contribution in [0.1, 0.15) is 36.8 Å². The normalized spacial score (nSPS) is 11.0. The minimum absolute atomic E-state index is 0.0217. The maximum atomic E-state index is 11.8. The summed E-state index contributed by atoms with van der Waals surface area (Å²) in [5, 5.41) is 0. The summed E-state index contributed by atoms with van der Waals surface area (Å²) < 4.78 is 16.2. The molecule has 0 N–H and O–H groups in total. The Bertz CT molecular complexity index is 800. The van der Waals surface area contributed by atoms with Crippen molar-refractivity contribution in [2.24, 2.45) is 0 Å². The first-order valence-electron chi connectivity index (χ1n) is 7.76. The number of methoxy groups -OCH3 is 1. The highest BCUT2D eigenvalue weighted by Gasteiger charge is 2.17. The lowest BCUT2D eigenvalue weighted by atomic mass is 10.2. The Kier molecular flexibility index (Phi) is 6.31. The van der Waals surface area contributed by atoms with Gasteiger partial charge >= 0.3 is 11.9 Å². The van der Waals surface area contributed by atoms with Crippen LogP contribution in [-0.2, 0) is 20.7 Å². The van der Waals surface area contributed by atoms with Gasteiger partial charge in [-0.15, -0.1) is 0 Å². The van der Waals surface area contributed by atoms with Crippen molar-refractivity contribution in [3.8, 4) is 11.6 Å². The van der Waals surface area contributed by atoms with Crippen LogP contribution in [-0.4, -0.2) is 34.6 Å². The molecule has 0 aliphatic rings. The number of hydrogen-bond acceptors (Lipinski definition) is 7. The highest BCUT2D eigenvalue weighted by atomic mass is 79.9. The summed E-state index contributed by atoms with van der Waals surface area (Å²) >= 11 is 3.31. The molecule has 0 radical (unpaired) electrons. The molecule has 138 valence electrons. The molecule has 0 bridgehead atoms. The van der Waals surface area contributed by atoms with Gasteiger partial charge in [-0.3, -0.25) is 9.78 Å². The van der Waals surface area contributed by atoms with E-state index in [1.807, 2.05) is 0 Å². The Labute approximate surface area is 159 Å². The van der Waals surface area contributed by atoms with E-state index in [4.69, 9.17) is 14.2 Å². The Morgan fingerprint density at radius 3 is 2.42 bits per heavy atom. The molecule has 0 saturated carbocycles. The van der Waals surface area contributed by atoms with Crippen molar-refractivity contribution in [3.05, 3.63) is 46.3 Å². The topological polar surface area (TPSA) is 87.6 Å². The molecular weight excluding hydrogens is 404 g/mol. The third-order valence-corrected chi connectivity index (χ3v) is 3.40. The second kappa shape index (κ2) is 8.27. The van der Waals surface area contributed by atoms with Crippen molar-refractivity contribution in [3.63, 3.8) is 0 Å². The van der Waals surface area contributed by atoms with E-state index in [-0.39, 0.29) is 18.3 Å². The minimum atomic E-state index is -0.550. The first kappa shape index (κ1) is 19.8. The highest BCUT2D eigenvalue weighted by Crippen LogP contribution is 2.25. The van der Waals surface area contributed by atoms with E-state index < -0.39 is 11.6 Å². The van der Waals surface area contributed by atoms with Gasteiger partial charge in [-0.1, -0.05) is 15.9 Å². The Morgan fingerprint density at radius 1 is 1.12 bits per heavy atom. The summed E-state index contributed by atoms with van der Waals surface area (Å²) in [7, 11) is 1.30. The van der Waals surface area contributed by atoms with E-state index in [9.17, 15) is 9.59 Å². The maximum absolute atomic E-state index is 11.8. The molecule has 8 heteroatoms. The molecule has 26 heavy (non-hydrogen) atoms. The van der Waals surface area contributed by atoms with Gasteiger partial charge in [-0.25, -0.2) is 9.78 Å². The number of aromatic nitrogens is 2. The van der Waals surface area contributed by atoms with Gasteiger partial charge in [0.2, 0.25) is 5.88 Å². The summed E-state index contributed by atoms with van der Waals surface area (Å²) in [4.78, 5) is 31.7. The number of ether oxygens (including phenoxy) is 3. The molecule has 2 aromatic rings. The van der Waals surface area contributed by atoms with Gasteiger partial charge in [-0.05, 0) is 39.0 Å². The molecule has 2 rings (SSSR count). The van der Waals surface area contributed by atoms with Gasteiger partial charge in [0.15, 0.2) is 0 Å². The lowest BCUT2D eigenvalue weighted by molar-refractivity contribution is -0.154. The van der Waals surface area contributed by atoms with E-state index in [0.29, 0.717) is 21.5 Å². The molecule has 0 unspecified atom stereocenters. The molecule has 1 aromatic carbocycles. The standard InChI is InChI=1S/C18H19BrN2O5/c1-18(2,3)26-16(22)8-13-9-21-15(10-20-13)25-14-6-11(17(23)24-4)5-12(19)7-14/h5-7,9-10H,8H2,1-4H3. The van der Waals surface area contributed by atoms with Gasteiger partial charge in [-0.2, -0.15) is 0 Å². The lowest BCUT2D eigenvalue weighted by Crippen LogP contribution is -2.25. The number of carbonyl (C=O) groups is 2. The van der Waals surface area contributed by atoms with Crippen LogP contribution in [0.15, 0.2) is 35.1 Å². The molecule has 0 aliphatic carbocycles. The first-order valence-corrected chi connectivity index (χ1v) is 8.55. The number of carbonyl (C=O) groups excluding carboxylic acids is 2. The Morgan fingerprint density at radius 2 is 1.85 bits per heavy atom. The van der Waals surface area contributed by atoms with E-state index in [1.54, 1.807) is 32.9 Å². The summed E-state index contributed by atoms with van der Waals surface area (Å²) in [5.41, 5.74) is 0.258. The van der Waals surface area contributed by atoms with Crippen molar-refractivity contribution >= 4 is 27.9 Å². The maximum Gasteiger partial charge on any atom is 0.338 e. The van der Waals surface area contributed by atoms with Crippen LogP contribution < -0.4 is 4.74 Å². The van der Waals surface area contributed by atoms with Gasteiger partial charge < -0.3 is 14.2 Å². The van der Waals surface area contributed by atoms with E-state index >= 15 is 0 Å². The fourth-order valence-electron chi connectivity index (χ4n) is 1.99. The van der Waals surface area contributed by atoms with E-state index in [1.165, 1.54) is 25.6 Å². The molecule has 0 aliphatic heterocycles. The average molecular weight is 423 g/mol. The second-order valence-electron chi connectivity index (χ2n) is 6.38. The van der Waals surface area contributed by atoms with E-state index in [2.05, 4.69) is 25.9 Å². The fraction of sp³-hybridized carbons (Fsp3) is 0.333. The van der Waals surface area contributed by atoms with Crippen LogP contribution in [0.2, 0.25) is 0 Å². The van der Waals surface area contributed by atoms with Crippen molar-refractivity contribution in [1.29, 1.82) is 0 Å². The molecule has 0 fully saturated rings. The second-order valence-corrected chi connectivity index (χ2v) is 7.29. The molecule has 1 aromatic heterocycles. The zero-order valence-corrected chi connectivity index (χ0v) is 16.5. The monoisotopic (exact) mass is 422 g/mol. The molecule has 0 amide bonds. The minimum Gasteiger partial charge on any atom is -0.465 e. The van der Waals surface area contributed by atoms with Crippen LogP contribution in [0.5, 0.6) is 11.6 Å². The summed E-state index contributed by atoms with van der Waals surface area (Å²) in [6.07, 6.45) is 2.87. The summed E-state index contributed by atoms with van der Waals surface area (Å²) in [6, 6.07) is 4.84. The predicted molar refractivity (Wildman–Crippen MR) is 97.1 cm³/mol. The van der Waals surface area contributed by atoms with Gasteiger partial charge in [0.1, 0.15) is 11.4 Å². The first-order chi connectivity index (χ1) is 12.2. The highest BCUT2D eigenvalue weighted by molar-refractivity contribution is 9.10. The SMILES string of the molecule is COC(=O)c1cc(Br)cc(Oc2cnc(CC(=O)OC(C)(C)C)cn2)c1. The average Bonchev–Trinajstić information content (AvgIpc) is 2.53. The van der Waals surface area contributed by atoms with Crippen LogP contribution in [0.4, 0.5) is 0 Å². The predicted octanol–water partition coefficient (Wildman–Crippen LogP) is 3.70. The molecule has 0 spiro atoms. The van der Waals surface area contributed by atoms with Crippen molar-refractivity contribution in [1.82, 2.24) is 9.97 Å². The van der Waals surface area contributed by atoms with E-state index in [0.717, 1.165) is 0 Å². The van der Waals surface area contributed by atoms with Crippen LogP contribution in [0.25, 0.3) is 0 Å². The van der Waals surface area contributed by atoms with Crippen LogP contribution in [0, 0.1) is 0 Å². The molecular formula is C18H19BrN2O5. The fourth-order valence-corrected chi connectivity index (χ4v) is 2.46. The Hall–Kier alpha value is -2.48. The smallest absolute Gasteiger partial charge is 0.338 e. The van der Waals surface area contributed by atoms with Crippen molar-refractivity contribution in [2.75, 3.05) is 7.11 Å². The zero-order chi connectivity index (χ0) is 19.3. The number of rotatable bonds is 5.